The molecule has 224 valence electrons. The topological polar surface area (TPSA) is 103 Å². The van der Waals surface area contributed by atoms with Crippen molar-refractivity contribution in [1.29, 1.82) is 0 Å². The molecule has 0 atom stereocenters. The molecular formula is C31H42N2O7S. The van der Waals surface area contributed by atoms with E-state index in [9.17, 15) is 13.2 Å². The van der Waals surface area contributed by atoms with Gasteiger partial charge in [0.05, 0.1) is 12.9 Å². The van der Waals surface area contributed by atoms with E-state index < -0.39 is 15.6 Å². The number of rotatable bonds is 9. The molecule has 9 nitrogen and oxygen atoms in total. The summed E-state index contributed by atoms with van der Waals surface area (Å²) in [5.41, 5.74) is 1.79. The zero-order valence-electron chi connectivity index (χ0n) is 24.4. The molecule has 1 amide bonds. The lowest BCUT2D eigenvalue weighted by molar-refractivity contribution is 0.0362. The Hall–Kier alpha value is -2.82. The second-order valence-corrected chi connectivity index (χ2v) is 14.5. The Kier molecular flexibility index (Phi) is 8.55. The second kappa shape index (κ2) is 11.8. The number of hydrogen-bond acceptors (Lipinski definition) is 7. The summed E-state index contributed by atoms with van der Waals surface area (Å²) in [7, 11) is -3.11. The zero-order chi connectivity index (χ0) is 29.3. The quantitative estimate of drug-likeness (QED) is 0.462. The third kappa shape index (κ3) is 7.34. The average molecular weight is 587 g/mol. The van der Waals surface area contributed by atoms with Gasteiger partial charge in [-0.05, 0) is 69.0 Å². The highest BCUT2D eigenvalue weighted by atomic mass is 32.2. The van der Waals surface area contributed by atoms with E-state index in [1.807, 2.05) is 45.0 Å². The van der Waals surface area contributed by atoms with Gasteiger partial charge >= 0.3 is 6.09 Å². The Morgan fingerprint density at radius 1 is 0.976 bits per heavy atom. The molecule has 41 heavy (non-hydrogen) atoms. The summed E-state index contributed by atoms with van der Waals surface area (Å²) in [5, 5.41) is 2.91. The molecule has 10 heteroatoms. The molecule has 2 aliphatic heterocycles. The molecule has 0 radical (unpaired) electrons. The first-order chi connectivity index (χ1) is 19.4. The molecule has 3 aliphatic rings. The Bertz CT molecular complexity index is 1290. The summed E-state index contributed by atoms with van der Waals surface area (Å²) in [4.78, 5) is 12.0. The van der Waals surface area contributed by atoms with Crippen LogP contribution in [0.1, 0.15) is 57.6 Å². The Labute approximate surface area is 243 Å². The molecule has 0 spiro atoms. The van der Waals surface area contributed by atoms with Crippen LogP contribution in [-0.2, 0) is 24.9 Å². The Morgan fingerprint density at radius 3 is 2.07 bits per heavy atom. The van der Waals surface area contributed by atoms with Gasteiger partial charge in [-0.3, -0.25) is 0 Å². The van der Waals surface area contributed by atoms with Crippen LogP contribution in [0.15, 0.2) is 48.5 Å². The van der Waals surface area contributed by atoms with E-state index in [1.165, 1.54) is 21.7 Å². The van der Waals surface area contributed by atoms with Crippen molar-refractivity contribution in [2.75, 3.05) is 39.2 Å². The van der Waals surface area contributed by atoms with Crippen LogP contribution in [0.2, 0.25) is 0 Å². The van der Waals surface area contributed by atoms with E-state index in [4.69, 9.17) is 18.9 Å². The summed E-state index contributed by atoms with van der Waals surface area (Å²) < 4.78 is 47.9. The molecule has 2 heterocycles. The van der Waals surface area contributed by atoms with Gasteiger partial charge in [0.15, 0.2) is 0 Å². The molecule has 0 aromatic heterocycles. The third-order valence-corrected chi connectivity index (χ3v) is 9.39. The minimum atomic E-state index is -3.11. The minimum Gasteiger partial charge on any atom is -0.493 e. The van der Waals surface area contributed by atoms with Crippen LogP contribution in [-0.4, -0.2) is 75.7 Å². The Morgan fingerprint density at radius 2 is 1.54 bits per heavy atom. The highest BCUT2D eigenvalue weighted by Gasteiger charge is 2.37. The summed E-state index contributed by atoms with van der Waals surface area (Å²) in [6.07, 6.45) is 4.22. The predicted octanol–water partition coefficient (Wildman–Crippen LogP) is 4.49. The number of hydrogen-bond donors (Lipinski definition) is 1. The molecule has 0 bridgehead atoms. The maximum Gasteiger partial charge on any atom is 0.407 e. The van der Waals surface area contributed by atoms with Crippen LogP contribution < -0.4 is 14.8 Å². The van der Waals surface area contributed by atoms with Crippen molar-refractivity contribution in [2.24, 2.45) is 5.92 Å². The van der Waals surface area contributed by atoms with Crippen LogP contribution in [0, 0.1) is 5.92 Å². The van der Waals surface area contributed by atoms with Gasteiger partial charge in [-0.2, -0.15) is 0 Å². The number of amides is 1. The summed E-state index contributed by atoms with van der Waals surface area (Å²) >= 11 is 0. The number of ether oxygens (including phenoxy) is 4. The van der Waals surface area contributed by atoms with E-state index in [0.717, 1.165) is 37.2 Å². The van der Waals surface area contributed by atoms with Crippen LogP contribution in [0.5, 0.6) is 11.5 Å². The largest absolute Gasteiger partial charge is 0.493 e. The van der Waals surface area contributed by atoms with Gasteiger partial charge in [-0.1, -0.05) is 24.3 Å². The molecule has 1 saturated carbocycles. The van der Waals surface area contributed by atoms with Crippen molar-refractivity contribution in [3.8, 4) is 11.5 Å². The van der Waals surface area contributed by atoms with Crippen LogP contribution in [0.25, 0.3) is 0 Å². The van der Waals surface area contributed by atoms with E-state index in [2.05, 4.69) is 29.6 Å². The van der Waals surface area contributed by atoms with Gasteiger partial charge in [0.1, 0.15) is 23.2 Å². The van der Waals surface area contributed by atoms with E-state index in [1.54, 1.807) is 0 Å². The first-order valence-corrected chi connectivity index (χ1v) is 16.3. The molecule has 2 saturated heterocycles. The molecule has 0 unspecified atom stereocenters. The number of carbonyl (C=O) groups excluding carboxylic acids is 1. The number of benzene rings is 2. The smallest absolute Gasteiger partial charge is 0.407 e. The van der Waals surface area contributed by atoms with Crippen molar-refractivity contribution >= 4 is 16.1 Å². The minimum absolute atomic E-state index is 0.0692. The number of alkyl carbamates (subject to hydrolysis) is 1. The SMILES string of the molecule is CC(C)(C)OC(=O)NC1CC(Oc2ccc(C3(c4ccc(OCC5CN(S(C)(=O)=O)C5)cc4)CCOCC3)cc2)C1. The van der Waals surface area contributed by atoms with Crippen molar-refractivity contribution in [2.45, 2.75) is 69.6 Å². The maximum absolute atomic E-state index is 12.0. The highest BCUT2D eigenvalue weighted by molar-refractivity contribution is 7.88. The molecule has 1 N–H and O–H groups in total. The van der Waals surface area contributed by atoms with Crippen molar-refractivity contribution in [1.82, 2.24) is 9.62 Å². The summed E-state index contributed by atoms with van der Waals surface area (Å²) in [5.74, 6) is 1.84. The van der Waals surface area contributed by atoms with Gasteiger partial charge in [-0.25, -0.2) is 17.5 Å². The van der Waals surface area contributed by atoms with Crippen molar-refractivity contribution in [3.05, 3.63) is 59.7 Å². The predicted molar refractivity (Wildman–Crippen MR) is 156 cm³/mol. The standard InChI is InChI=1S/C31H42N2O7S/c1-30(2,3)40-29(34)32-25-17-28(18-25)39-27-11-7-24(8-12-27)31(13-15-37-16-14-31)23-5-9-26(10-6-23)38-21-22-19-33(20-22)41(4,35)36/h5-12,22,25,28H,13-21H2,1-4H3,(H,32,34). The molecule has 5 rings (SSSR count). The molecule has 1 aliphatic carbocycles. The second-order valence-electron chi connectivity index (χ2n) is 12.6. The molecule has 3 fully saturated rings. The summed E-state index contributed by atoms with van der Waals surface area (Å²) in [6, 6.07) is 16.8. The Balaban J connectivity index is 1.16. The fraction of sp³-hybridized carbons (Fsp3) is 0.581. The normalized spacial score (nSPS) is 23.1. The molecule has 2 aromatic carbocycles. The van der Waals surface area contributed by atoms with E-state index >= 15 is 0 Å². The fourth-order valence-electron chi connectivity index (χ4n) is 5.75. The first-order valence-electron chi connectivity index (χ1n) is 14.4. The van der Waals surface area contributed by atoms with Gasteiger partial charge in [0.25, 0.3) is 0 Å². The lowest BCUT2D eigenvalue weighted by atomic mass is 9.69. The van der Waals surface area contributed by atoms with E-state index in [0.29, 0.717) is 32.9 Å². The molecular weight excluding hydrogens is 544 g/mol. The fourth-order valence-corrected chi connectivity index (χ4v) is 6.71. The summed E-state index contributed by atoms with van der Waals surface area (Å²) in [6.45, 7) is 8.50. The number of nitrogens with zero attached hydrogens (tertiary/aromatic N) is 1. The third-order valence-electron chi connectivity index (χ3n) is 8.16. The van der Waals surface area contributed by atoms with Crippen LogP contribution in [0.3, 0.4) is 0 Å². The van der Waals surface area contributed by atoms with Gasteiger partial charge in [0, 0.05) is 56.5 Å². The van der Waals surface area contributed by atoms with Crippen LogP contribution >= 0.6 is 0 Å². The van der Waals surface area contributed by atoms with Crippen LogP contribution in [0.4, 0.5) is 4.79 Å². The lowest BCUT2D eigenvalue weighted by Crippen LogP contribution is -2.51. The van der Waals surface area contributed by atoms with Gasteiger partial charge < -0.3 is 24.3 Å². The van der Waals surface area contributed by atoms with E-state index in [-0.39, 0.29) is 29.6 Å². The van der Waals surface area contributed by atoms with Gasteiger partial charge in [-0.15, -0.1) is 0 Å². The monoisotopic (exact) mass is 586 g/mol. The van der Waals surface area contributed by atoms with Crippen molar-refractivity contribution in [3.63, 3.8) is 0 Å². The first kappa shape index (κ1) is 29.7. The van der Waals surface area contributed by atoms with Gasteiger partial charge in [0.2, 0.25) is 10.0 Å². The van der Waals surface area contributed by atoms with Crippen molar-refractivity contribution < 1.29 is 32.2 Å². The molecule has 2 aromatic rings. The maximum atomic E-state index is 12.0. The average Bonchev–Trinajstić information content (AvgIpc) is 2.86. The number of nitrogens with one attached hydrogen (secondary N) is 1. The number of sulfonamides is 1. The highest BCUT2D eigenvalue weighted by Crippen LogP contribution is 2.42. The zero-order valence-corrected chi connectivity index (χ0v) is 25.2. The lowest BCUT2D eigenvalue weighted by Gasteiger charge is -2.39. The number of carbonyl (C=O) groups is 1.